The van der Waals surface area contributed by atoms with Crippen molar-refractivity contribution in [2.24, 2.45) is 0 Å². The molecule has 98 valence electrons. The zero-order valence-electron chi connectivity index (χ0n) is 10.1. The molecule has 2 aromatic carbocycles. The van der Waals surface area contributed by atoms with Gasteiger partial charge >= 0.3 is 0 Å². The van der Waals surface area contributed by atoms with Crippen molar-refractivity contribution in [3.8, 4) is 0 Å². The lowest BCUT2D eigenvalue weighted by Gasteiger charge is -2.17. The van der Waals surface area contributed by atoms with Crippen molar-refractivity contribution < 1.29 is 0 Å². The van der Waals surface area contributed by atoms with E-state index in [9.17, 15) is 0 Å². The summed E-state index contributed by atoms with van der Waals surface area (Å²) in [5, 5.41) is 4.62. The lowest BCUT2D eigenvalue weighted by molar-refractivity contribution is 0.762. The van der Waals surface area contributed by atoms with Crippen LogP contribution in [-0.2, 0) is 6.42 Å². The molecule has 4 heteroatoms. The number of hydrogen-bond donors (Lipinski definition) is 1. The van der Waals surface area contributed by atoms with Crippen LogP contribution in [0.4, 0.5) is 5.69 Å². The number of fused-ring (bicyclic) bond motifs is 1. The Hall–Kier alpha value is -0.700. The molecule has 2 aromatic rings. The standard InChI is InChI=1S/C15H12BrCl2N/c16-11-6-8-13(15(18)14(11)17)19-12-7-5-9-3-1-2-4-10(9)12/h1-4,6,8,12,19H,5,7H2. The summed E-state index contributed by atoms with van der Waals surface area (Å²) >= 11 is 15.8. The smallest absolute Gasteiger partial charge is 0.0835 e. The largest absolute Gasteiger partial charge is 0.377 e. The summed E-state index contributed by atoms with van der Waals surface area (Å²) in [7, 11) is 0. The van der Waals surface area contributed by atoms with Crippen LogP contribution in [0.1, 0.15) is 23.6 Å². The Labute approximate surface area is 131 Å². The van der Waals surface area contributed by atoms with E-state index in [4.69, 9.17) is 23.2 Å². The first-order valence-electron chi connectivity index (χ1n) is 6.14. The van der Waals surface area contributed by atoms with Crippen LogP contribution in [0, 0.1) is 0 Å². The van der Waals surface area contributed by atoms with Gasteiger partial charge in [0.05, 0.1) is 21.8 Å². The van der Waals surface area contributed by atoms with Gasteiger partial charge in [0.2, 0.25) is 0 Å². The second-order valence-corrected chi connectivity index (χ2v) is 6.27. The minimum Gasteiger partial charge on any atom is -0.377 e. The summed E-state index contributed by atoms with van der Waals surface area (Å²) < 4.78 is 0.816. The quantitative estimate of drug-likeness (QED) is 0.665. The maximum Gasteiger partial charge on any atom is 0.0835 e. The van der Waals surface area contributed by atoms with Gasteiger partial charge in [0.25, 0.3) is 0 Å². The van der Waals surface area contributed by atoms with Gasteiger partial charge in [-0.15, -0.1) is 0 Å². The molecule has 0 saturated carbocycles. The average Bonchev–Trinajstić information content (AvgIpc) is 2.83. The molecular formula is C15H12BrCl2N. The average molecular weight is 357 g/mol. The Morgan fingerprint density at radius 1 is 1.05 bits per heavy atom. The van der Waals surface area contributed by atoms with E-state index in [1.807, 2.05) is 12.1 Å². The number of anilines is 1. The van der Waals surface area contributed by atoms with Gasteiger partial charge < -0.3 is 5.32 Å². The van der Waals surface area contributed by atoms with Crippen molar-refractivity contribution in [3.05, 3.63) is 62.0 Å². The third-order valence-corrected chi connectivity index (χ3v) is 5.27. The summed E-state index contributed by atoms with van der Waals surface area (Å²) in [6.07, 6.45) is 2.19. The molecule has 1 aliphatic carbocycles. The Morgan fingerprint density at radius 2 is 1.84 bits per heavy atom. The van der Waals surface area contributed by atoms with Gasteiger partial charge in [-0.1, -0.05) is 47.5 Å². The van der Waals surface area contributed by atoms with Crippen LogP contribution < -0.4 is 5.32 Å². The highest BCUT2D eigenvalue weighted by Gasteiger charge is 2.22. The minimum atomic E-state index is 0.311. The molecule has 1 aliphatic rings. The highest BCUT2D eigenvalue weighted by atomic mass is 79.9. The normalized spacial score (nSPS) is 17.3. The molecule has 0 fully saturated rings. The van der Waals surface area contributed by atoms with Crippen LogP contribution >= 0.6 is 39.1 Å². The van der Waals surface area contributed by atoms with Crippen molar-refractivity contribution >= 4 is 44.8 Å². The molecular weight excluding hydrogens is 345 g/mol. The second-order valence-electron chi connectivity index (χ2n) is 4.66. The van der Waals surface area contributed by atoms with Crippen molar-refractivity contribution in [2.75, 3.05) is 5.32 Å². The summed E-state index contributed by atoms with van der Waals surface area (Å²) in [6, 6.07) is 12.7. The molecule has 0 bridgehead atoms. The van der Waals surface area contributed by atoms with E-state index in [0.717, 1.165) is 23.0 Å². The molecule has 0 radical (unpaired) electrons. The maximum absolute atomic E-state index is 6.28. The van der Waals surface area contributed by atoms with Crippen molar-refractivity contribution in [3.63, 3.8) is 0 Å². The molecule has 0 spiro atoms. The van der Waals surface area contributed by atoms with Gasteiger partial charge in [-0.3, -0.25) is 0 Å². The lowest BCUT2D eigenvalue weighted by Crippen LogP contribution is -2.07. The van der Waals surface area contributed by atoms with Gasteiger partial charge in [-0.25, -0.2) is 0 Å². The predicted octanol–water partition coefficient (Wildman–Crippen LogP) is 5.86. The van der Waals surface area contributed by atoms with E-state index in [0.29, 0.717) is 16.1 Å². The van der Waals surface area contributed by atoms with Gasteiger partial charge in [-0.2, -0.15) is 0 Å². The molecule has 19 heavy (non-hydrogen) atoms. The first kappa shape index (κ1) is 13.3. The first-order valence-corrected chi connectivity index (χ1v) is 7.69. The van der Waals surface area contributed by atoms with Crippen molar-refractivity contribution in [2.45, 2.75) is 18.9 Å². The van der Waals surface area contributed by atoms with E-state index >= 15 is 0 Å². The molecule has 1 nitrogen and oxygen atoms in total. The van der Waals surface area contributed by atoms with Crippen LogP contribution in [0.2, 0.25) is 10.0 Å². The lowest BCUT2D eigenvalue weighted by atomic mass is 10.1. The second kappa shape index (κ2) is 5.35. The van der Waals surface area contributed by atoms with Gasteiger partial charge in [0.15, 0.2) is 0 Å². The summed E-state index contributed by atoms with van der Waals surface area (Å²) in [6.45, 7) is 0. The van der Waals surface area contributed by atoms with Crippen LogP contribution in [0.15, 0.2) is 40.9 Å². The number of nitrogens with one attached hydrogen (secondary N) is 1. The first-order chi connectivity index (χ1) is 9.16. The minimum absolute atomic E-state index is 0.311. The third-order valence-electron chi connectivity index (χ3n) is 3.50. The summed E-state index contributed by atoms with van der Waals surface area (Å²) in [5.74, 6) is 0. The Morgan fingerprint density at radius 3 is 2.68 bits per heavy atom. The monoisotopic (exact) mass is 355 g/mol. The highest BCUT2D eigenvalue weighted by molar-refractivity contribution is 9.10. The van der Waals surface area contributed by atoms with Gasteiger partial charge in [0, 0.05) is 4.47 Å². The molecule has 0 aliphatic heterocycles. The predicted molar refractivity (Wildman–Crippen MR) is 85.3 cm³/mol. The highest BCUT2D eigenvalue weighted by Crippen LogP contribution is 2.40. The molecule has 0 aromatic heterocycles. The Kier molecular flexibility index (Phi) is 3.75. The molecule has 1 unspecified atom stereocenters. The zero-order valence-corrected chi connectivity index (χ0v) is 13.2. The molecule has 3 rings (SSSR count). The Balaban J connectivity index is 1.90. The number of rotatable bonds is 2. The van der Waals surface area contributed by atoms with E-state index in [-0.39, 0.29) is 0 Å². The molecule has 0 amide bonds. The summed E-state index contributed by atoms with van der Waals surface area (Å²) in [5.41, 5.74) is 3.66. The number of halogens is 3. The Bertz CT molecular complexity index is 628. The number of benzene rings is 2. The molecule has 1 atom stereocenters. The van der Waals surface area contributed by atoms with Crippen LogP contribution in [-0.4, -0.2) is 0 Å². The summed E-state index contributed by atoms with van der Waals surface area (Å²) in [4.78, 5) is 0. The SMILES string of the molecule is Clc1c(Br)ccc(NC2CCc3ccccc32)c1Cl. The van der Waals surface area contributed by atoms with Crippen LogP contribution in [0.5, 0.6) is 0 Å². The third kappa shape index (κ3) is 2.49. The van der Waals surface area contributed by atoms with E-state index < -0.39 is 0 Å². The van der Waals surface area contributed by atoms with E-state index in [1.54, 1.807) is 0 Å². The van der Waals surface area contributed by atoms with Crippen molar-refractivity contribution in [1.29, 1.82) is 0 Å². The fourth-order valence-corrected chi connectivity index (χ4v) is 3.36. The van der Waals surface area contributed by atoms with Gasteiger partial charge in [0.1, 0.15) is 0 Å². The fourth-order valence-electron chi connectivity index (χ4n) is 2.53. The molecule has 0 heterocycles. The van der Waals surface area contributed by atoms with Crippen LogP contribution in [0.3, 0.4) is 0 Å². The molecule has 0 saturated heterocycles. The van der Waals surface area contributed by atoms with Gasteiger partial charge in [-0.05, 0) is 52.0 Å². The topological polar surface area (TPSA) is 12.0 Å². The van der Waals surface area contributed by atoms with E-state index in [1.165, 1.54) is 11.1 Å². The zero-order chi connectivity index (χ0) is 13.4. The molecule has 1 N–H and O–H groups in total. The number of aryl methyl sites for hydroxylation is 1. The van der Waals surface area contributed by atoms with Crippen LogP contribution in [0.25, 0.3) is 0 Å². The van der Waals surface area contributed by atoms with E-state index in [2.05, 4.69) is 45.5 Å². The van der Waals surface area contributed by atoms with Crippen molar-refractivity contribution in [1.82, 2.24) is 0 Å². The fraction of sp³-hybridized carbons (Fsp3) is 0.200. The maximum atomic E-state index is 6.28. The number of hydrogen-bond acceptors (Lipinski definition) is 1.